The third kappa shape index (κ3) is 3.86. The molecular weight excluding hydrogens is 200 g/mol. The molecule has 1 saturated heterocycles. The van der Waals surface area contributed by atoms with Gasteiger partial charge in [-0.2, -0.15) is 0 Å². The number of likely N-dealkylation sites (tertiary alicyclic amines) is 1. The van der Waals surface area contributed by atoms with Gasteiger partial charge in [0.25, 0.3) is 0 Å². The number of carbonyl (C=O) groups is 1. The van der Waals surface area contributed by atoms with Gasteiger partial charge in [-0.1, -0.05) is 19.8 Å². The molecule has 2 atom stereocenters. The van der Waals surface area contributed by atoms with Crippen molar-refractivity contribution < 1.29 is 4.79 Å². The van der Waals surface area contributed by atoms with E-state index < -0.39 is 0 Å². The molecule has 90 valence electrons. The Labute approximate surface area is 98.8 Å². The molecule has 1 rings (SSSR count). The van der Waals surface area contributed by atoms with Crippen molar-refractivity contribution in [3.63, 3.8) is 0 Å². The van der Waals surface area contributed by atoms with Crippen LogP contribution in [0.5, 0.6) is 0 Å². The smallest absolute Gasteiger partial charge is 0.236 e. The van der Waals surface area contributed by atoms with Crippen molar-refractivity contribution >= 4 is 5.91 Å². The van der Waals surface area contributed by atoms with Crippen molar-refractivity contribution in [1.29, 1.82) is 0 Å². The van der Waals surface area contributed by atoms with Crippen LogP contribution in [-0.2, 0) is 4.79 Å². The summed E-state index contributed by atoms with van der Waals surface area (Å²) in [6.45, 7) is 7.18. The molecule has 3 nitrogen and oxygen atoms in total. The summed E-state index contributed by atoms with van der Waals surface area (Å²) in [5, 5.41) is 0. The number of piperidine rings is 1. The monoisotopic (exact) mass is 222 g/mol. The summed E-state index contributed by atoms with van der Waals surface area (Å²) in [6.07, 6.45) is 6.44. The van der Waals surface area contributed by atoms with Gasteiger partial charge in [-0.15, -0.1) is 6.42 Å². The highest BCUT2D eigenvalue weighted by atomic mass is 16.2. The highest BCUT2D eigenvalue weighted by Gasteiger charge is 2.25. The van der Waals surface area contributed by atoms with E-state index in [0.29, 0.717) is 24.9 Å². The van der Waals surface area contributed by atoms with Crippen LogP contribution in [0, 0.1) is 24.2 Å². The van der Waals surface area contributed by atoms with Crippen LogP contribution in [0.1, 0.15) is 20.3 Å². The van der Waals surface area contributed by atoms with E-state index in [2.05, 4.69) is 19.8 Å². The summed E-state index contributed by atoms with van der Waals surface area (Å²) in [7, 11) is 1.88. The second-order valence-corrected chi connectivity index (χ2v) is 5.12. The molecule has 0 N–H and O–H groups in total. The SMILES string of the molecule is C#CCN(C)CC(=O)N1CC(C)CC(C)C1. The van der Waals surface area contributed by atoms with Gasteiger partial charge in [0.1, 0.15) is 0 Å². The zero-order chi connectivity index (χ0) is 12.1. The summed E-state index contributed by atoms with van der Waals surface area (Å²) in [5.41, 5.74) is 0. The molecule has 0 spiro atoms. The Hall–Kier alpha value is -1.01. The van der Waals surface area contributed by atoms with Crippen molar-refractivity contribution in [2.24, 2.45) is 11.8 Å². The summed E-state index contributed by atoms with van der Waals surface area (Å²) in [5.74, 6) is 3.99. The maximum absolute atomic E-state index is 12.0. The van der Waals surface area contributed by atoms with Crippen LogP contribution in [0.3, 0.4) is 0 Å². The Kier molecular flexibility index (Phi) is 4.82. The molecule has 0 aliphatic carbocycles. The number of amides is 1. The Balaban J connectivity index is 2.44. The third-order valence-electron chi connectivity index (χ3n) is 2.99. The highest BCUT2D eigenvalue weighted by molar-refractivity contribution is 5.78. The quantitative estimate of drug-likeness (QED) is 0.667. The average molecular weight is 222 g/mol. The van der Waals surface area contributed by atoms with Gasteiger partial charge < -0.3 is 4.90 Å². The van der Waals surface area contributed by atoms with E-state index in [1.54, 1.807) is 0 Å². The minimum absolute atomic E-state index is 0.205. The molecule has 1 fully saturated rings. The molecule has 0 aromatic rings. The predicted molar refractivity (Wildman–Crippen MR) is 65.9 cm³/mol. The second kappa shape index (κ2) is 5.91. The number of likely N-dealkylation sites (N-methyl/N-ethyl adjacent to an activating group) is 1. The lowest BCUT2D eigenvalue weighted by molar-refractivity contribution is -0.134. The number of rotatable bonds is 3. The van der Waals surface area contributed by atoms with E-state index in [1.165, 1.54) is 6.42 Å². The van der Waals surface area contributed by atoms with Crippen LogP contribution in [0.15, 0.2) is 0 Å². The number of terminal acetylenes is 1. The maximum Gasteiger partial charge on any atom is 0.236 e. The largest absolute Gasteiger partial charge is 0.341 e. The van der Waals surface area contributed by atoms with Gasteiger partial charge in [0, 0.05) is 13.1 Å². The molecule has 0 aromatic carbocycles. The molecule has 16 heavy (non-hydrogen) atoms. The molecule has 0 radical (unpaired) electrons. The molecule has 0 saturated carbocycles. The first-order valence-electron chi connectivity index (χ1n) is 5.92. The van der Waals surface area contributed by atoms with Crippen LogP contribution in [0.2, 0.25) is 0 Å². The first-order valence-corrected chi connectivity index (χ1v) is 5.92. The normalized spacial score (nSPS) is 25.6. The summed E-state index contributed by atoms with van der Waals surface area (Å²) >= 11 is 0. The maximum atomic E-state index is 12.0. The average Bonchev–Trinajstić information content (AvgIpc) is 2.16. The van der Waals surface area contributed by atoms with E-state index >= 15 is 0 Å². The van der Waals surface area contributed by atoms with E-state index in [9.17, 15) is 4.79 Å². The van der Waals surface area contributed by atoms with Crippen LogP contribution >= 0.6 is 0 Å². The van der Waals surface area contributed by atoms with Crippen molar-refractivity contribution in [2.75, 3.05) is 33.2 Å². The summed E-state index contributed by atoms with van der Waals surface area (Å²) < 4.78 is 0. The fraction of sp³-hybridized carbons (Fsp3) is 0.769. The molecule has 0 bridgehead atoms. The van der Waals surface area contributed by atoms with Gasteiger partial charge in [0.05, 0.1) is 13.1 Å². The van der Waals surface area contributed by atoms with Gasteiger partial charge in [0.15, 0.2) is 0 Å². The molecule has 1 amide bonds. The molecule has 1 heterocycles. The Morgan fingerprint density at radius 3 is 2.50 bits per heavy atom. The van der Waals surface area contributed by atoms with Gasteiger partial charge in [-0.25, -0.2) is 0 Å². The first-order chi connectivity index (χ1) is 7.52. The van der Waals surface area contributed by atoms with Crippen molar-refractivity contribution in [3.8, 4) is 12.3 Å². The first kappa shape index (κ1) is 13.1. The molecule has 1 aliphatic rings. The molecule has 3 heteroatoms. The fourth-order valence-corrected chi connectivity index (χ4v) is 2.41. The standard InChI is InChI=1S/C13H22N2O/c1-5-6-14(4)10-13(16)15-8-11(2)7-12(3)9-15/h1,11-12H,6-10H2,2-4H3. The van der Waals surface area contributed by atoms with E-state index in [-0.39, 0.29) is 5.91 Å². The molecule has 2 unspecified atom stereocenters. The topological polar surface area (TPSA) is 23.6 Å². The third-order valence-corrected chi connectivity index (χ3v) is 2.99. The summed E-state index contributed by atoms with van der Waals surface area (Å²) in [6, 6.07) is 0. The van der Waals surface area contributed by atoms with Gasteiger partial charge in [0.2, 0.25) is 5.91 Å². The number of carbonyl (C=O) groups excluding carboxylic acids is 1. The van der Waals surface area contributed by atoms with E-state index in [0.717, 1.165) is 13.1 Å². The zero-order valence-electron chi connectivity index (χ0n) is 10.6. The Bertz CT molecular complexity index is 272. The van der Waals surface area contributed by atoms with E-state index in [1.807, 2.05) is 16.8 Å². The van der Waals surface area contributed by atoms with Crippen LogP contribution in [0.4, 0.5) is 0 Å². The fourth-order valence-electron chi connectivity index (χ4n) is 2.41. The molecule has 1 aliphatic heterocycles. The minimum atomic E-state index is 0.205. The number of nitrogens with zero attached hydrogens (tertiary/aromatic N) is 2. The van der Waals surface area contributed by atoms with Gasteiger partial charge in [-0.3, -0.25) is 9.69 Å². The molecular formula is C13H22N2O. The van der Waals surface area contributed by atoms with Crippen LogP contribution in [-0.4, -0.2) is 48.9 Å². The molecule has 0 aromatic heterocycles. The van der Waals surface area contributed by atoms with Crippen LogP contribution in [0.25, 0.3) is 0 Å². The van der Waals surface area contributed by atoms with Crippen molar-refractivity contribution in [1.82, 2.24) is 9.80 Å². The van der Waals surface area contributed by atoms with Crippen molar-refractivity contribution in [2.45, 2.75) is 20.3 Å². The summed E-state index contributed by atoms with van der Waals surface area (Å²) in [4.78, 5) is 15.8. The second-order valence-electron chi connectivity index (χ2n) is 5.12. The van der Waals surface area contributed by atoms with Crippen LogP contribution < -0.4 is 0 Å². The Morgan fingerprint density at radius 2 is 2.00 bits per heavy atom. The van der Waals surface area contributed by atoms with E-state index in [4.69, 9.17) is 6.42 Å². The van der Waals surface area contributed by atoms with Gasteiger partial charge in [-0.05, 0) is 25.3 Å². The predicted octanol–water partition coefficient (Wildman–Crippen LogP) is 1.06. The van der Waals surface area contributed by atoms with Gasteiger partial charge >= 0.3 is 0 Å². The Morgan fingerprint density at radius 1 is 1.44 bits per heavy atom. The lowest BCUT2D eigenvalue weighted by Crippen LogP contribution is -2.46. The highest BCUT2D eigenvalue weighted by Crippen LogP contribution is 2.20. The lowest BCUT2D eigenvalue weighted by Gasteiger charge is -2.35. The zero-order valence-corrected chi connectivity index (χ0v) is 10.6. The number of hydrogen-bond donors (Lipinski definition) is 0. The minimum Gasteiger partial charge on any atom is -0.341 e. The lowest BCUT2D eigenvalue weighted by atomic mass is 9.92. The number of hydrogen-bond acceptors (Lipinski definition) is 2. The van der Waals surface area contributed by atoms with Crippen molar-refractivity contribution in [3.05, 3.63) is 0 Å².